The van der Waals surface area contributed by atoms with Gasteiger partial charge in [-0.3, -0.25) is 4.79 Å². The number of amides is 1. The van der Waals surface area contributed by atoms with E-state index in [9.17, 15) is 19.5 Å². The van der Waals surface area contributed by atoms with E-state index in [0.29, 0.717) is 30.3 Å². The molecule has 0 saturated heterocycles. The number of hydrogen-bond donors (Lipinski definition) is 3. The molecule has 2 aromatic heterocycles. The number of ether oxygens (including phenoxy) is 3. The van der Waals surface area contributed by atoms with Gasteiger partial charge in [0.25, 0.3) is 0 Å². The van der Waals surface area contributed by atoms with Crippen LogP contribution < -0.4 is 25.4 Å². The maximum Gasteiger partial charge on any atom is 0.357 e. The second-order valence-corrected chi connectivity index (χ2v) is 10.0. The zero-order valence-electron chi connectivity index (χ0n) is 22.0. The van der Waals surface area contributed by atoms with Crippen LogP contribution in [0.5, 0.6) is 17.4 Å². The van der Waals surface area contributed by atoms with Crippen molar-refractivity contribution >= 4 is 34.0 Å². The number of aromatic amines is 1. The van der Waals surface area contributed by atoms with Crippen LogP contribution in [-0.2, 0) is 16.0 Å². The molecule has 1 aliphatic heterocycles. The van der Waals surface area contributed by atoms with E-state index in [4.69, 9.17) is 9.47 Å². The van der Waals surface area contributed by atoms with E-state index in [1.807, 2.05) is 43.3 Å². The summed E-state index contributed by atoms with van der Waals surface area (Å²) in [5, 5.41) is 15.5. The van der Waals surface area contributed by atoms with Crippen molar-refractivity contribution in [1.82, 2.24) is 14.5 Å². The molecule has 13 heteroatoms. The number of methoxy groups -OCH3 is 1. The number of esters is 1. The van der Waals surface area contributed by atoms with Crippen LogP contribution in [0.3, 0.4) is 0 Å². The number of carbonyl (C=O) groups is 2. The molecule has 1 aliphatic rings. The minimum absolute atomic E-state index is 0.0428. The Bertz CT molecular complexity index is 1610. The fourth-order valence-corrected chi connectivity index (χ4v) is 4.98. The van der Waals surface area contributed by atoms with Crippen molar-refractivity contribution < 1.29 is 28.9 Å². The second-order valence-electron chi connectivity index (χ2n) is 9.16. The van der Waals surface area contributed by atoms with Crippen molar-refractivity contribution in [2.75, 3.05) is 44.6 Å². The highest BCUT2D eigenvalue weighted by atomic mass is 32.1. The van der Waals surface area contributed by atoms with Gasteiger partial charge in [0.2, 0.25) is 11.8 Å². The molecule has 5 rings (SSSR count). The molecule has 0 saturated carbocycles. The van der Waals surface area contributed by atoms with Crippen molar-refractivity contribution in [1.29, 1.82) is 0 Å². The smallest absolute Gasteiger partial charge is 0.357 e. The third-order valence-corrected chi connectivity index (χ3v) is 7.12. The van der Waals surface area contributed by atoms with E-state index in [-0.39, 0.29) is 22.9 Å². The molecule has 1 amide bonds. The van der Waals surface area contributed by atoms with E-state index in [1.54, 1.807) is 18.2 Å². The lowest BCUT2D eigenvalue weighted by Crippen LogP contribution is -2.33. The van der Waals surface area contributed by atoms with Crippen LogP contribution in [0, 0.1) is 0 Å². The third kappa shape index (κ3) is 5.36. The van der Waals surface area contributed by atoms with Crippen molar-refractivity contribution in [3.8, 4) is 28.6 Å². The molecule has 4 aromatic rings. The van der Waals surface area contributed by atoms with Gasteiger partial charge in [-0.2, -0.15) is 0 Å². The van der Waals surface area contributed by atoms with Gasteiger partial charge in [-0.1, -0.05) is 12.1 Å². The number of hydrogen-bond acceptors (Lipinski definition) is 10. The predicted molar refractivity (Wildman–Crippen MR) is 149 cm³/mol. The maximum absolute atomic E-state index is 13.6. The van der Waals surface area contributed by atoms with Crippen LogP contribution >= 0.6 is 11.3 Å². The zero-order chi connectivity index (χ0) is 28.4. The van der Waals surface area contributed by atoms with Crippen LogP contribution in [0.25, 0.3) is 11.3 Å². The van der Waals surface area contributed by atoms with E-state index >= 15 is 0 Å². The maximum atomic E-state index is 13.6. The highest BCUT2D eigenvalue weighted by Crippen LogP contribution is 2.37. The number of nitrogens with one attached hydrogen (secondary N) is 2. The summed E-state index contributed by atoms with van der Waals surface area (Å²) in [5.41, 5.74) is 1.70. The van der Waals surface area contributed by atoms with Crippen LogP contribution in [0.4, 0.5) is 10.8 Å². The quantitative estimate of drug-likeness (QED) is 0.274. The Balaban J connectivity index is 1.51. The van der Waals surface area contributed by atoms with E-state index in [0.717, 1.165) is 27.2 Å². The molecule has 2 aromatic carbocycles. The summed E-state index contributed by atoms with van der Waals surface area (Å²) >= 11 is 1.04. The molecule has 12 nitrogen and oxygen atoms in total. The number of rotatable bonds is 8. The molecule has 0 unspecified atom stereocenters. The SMILES string of the molecule is COC(=O)c1csc(NC(=O)[C@H](Cc2ccc(N(C)C)cc2)n2c(O)c(-c3ccc4c(c3)OCCO4)[nH]c2=O)n1. The minimum atomic E-state index is -1.16. The minimum Gasteiger partial charge on any atom is -0.493 e. The number of carbonyl (C=O) groups excluding carboxylic acids is 2. The van der Waals surface area contributed by atoms with E-state index in [2.05, 4.69) is 20.0 Å². The Labute approximate surface area is 232 Å². The number of H-pyrrole nitrogens is 1. The summed E-state index contributed by atoms with van der Waals surface area (Å²) in [6, 6.07) is 11.4. The first-order valence-corrected chi connectivity index (χ1v) is 13.2. The lowest BCUT2D eigenvalue weighted by molar-refractivity contribution is -0.119. The van der Waals surface area contributed by atoms with Gasteiger partial charge in [0.1, 0.15) is 24.9 Å². The van der Waals surface area contributed by atoms with Crippen molar-refractivity contribution in [3.05, 3.63) is 69.6 Å². The standard InChI is InChI=1S/C27H27N5O7S/c1-31(2)17-7-4-15(5-8-17)12-19(23(33)30-26-28-18(14-40-26)25(35)37-3)32-24(34)22(29-27(32)36)16-6-9-20-21(13-16)39-11-10-38-20/h4-9,13-14,19,34H,10-12H2,1-3H3,(H,29,36)(H,28,30,33)/t19-/m0/s1. The fraction of sp³-hybridized carbons (Fsp3) is 0.259. The van der Waals surface area contributed by atoms with Crippen molar-refractivity contribution in [2.45, 2.75) is 12.5 Å². The first kappa shape index (κ1) is 26.8. The van der Waals surface area contributed by atoms with Crippen molar-refractivity contribution in [3.63, 3.8) is 0 Å². The monoisotopic (exact) mass is 565 g/mol. The summed E-state index contributed by atoms with van der Waals surface area (Å²) in [4.78, 5) is 47.3. The first-order chi connectivity index (χ1) is 19.2. The summed E-state index contributed by atoms with van der Waals surface area (Å²) in [5.74, 6) is -0.617. The molecular formula is C27H27N5O7S. The van der Waals surface area contributed by atoms with Gasteiger partial charge >= 0.3 is 11.7 Å². The Hall–Kier alpha value is -4.78. The second kappa shape index (κ2) is 11.1. The van der Waals surface area contributed by atoms with Crippen LogP contribution in [0.15, 0.2) is 52.6 Å². The largest absolute Gasteiger partial charge is 0.493 e. The highest BCUT2D eigenvalue weighted by molar-refractivity contribution is 7.14. The Kier molecular flexibility index (Phi) is 7.47. The average Bonchev–Trinajstić information content (AvgIpc) is 3.54. The summed E-state index contributed by atoms with van der Waals surface area (Å²) in [6.07, 6.45) is 0.0840. The number of imidazole rings is 1. The summed E-state index contributed by atoms with van der Waals surface area (Å²) in [6.45, 7) is 0.806. The molecule has 208 valence electrons. The lowest BCUT2D eigenvalue weighted by atomic mass is 10.0. The zero-order valence-corrected chi connectivity index (χ0v) is 22.8. The number of fused-ring (bicyclic) bond motifs is 1. The molecule has 0 aliphatic carbocycles. The molecular weight excluding hydrogens is 538 g/mol. The lowest BCUT2D eigenvalue weighted by Gasteiger charge is -2.19. The third-order valence-electron chi connectivity index (χ3n) is 6.36. The Morgan fingerprint density at radius 2 is 1.90 bits per heavy atom. The topological polar surface area (TPSA) is 148 Å². The number of aromatic hydroxyl groups is 1. The van der Waals surface area contributed by atoms with Crippen molar-refractivity contribution in [2.24, 2.45) is 0 Å². The number of anilines is 2. The predicted octanol–water partition coefficient (Wildman–Crippen LogP) is 3.05. The van der Waals surface area contributed by atoms with Crippen LogP contribution in [-0.4, -0.2) is 65.9 Å². The first-order valence-electron chi connectivity index (χ1n) is 12.3. The number of aromatic nitrogens is 3. The van der Waals surface area contributed by atoms with Gasteiger partial charge in [-0.05, 0) is 35.9 Å². The Morgan fingerprint density at radius 3 is 2.60 bits per heavy atom. The number of thiazole rings is 1. The molecule has 3 heterocycles. The molecule has 3 N–H and O–H groups in total. The molecule has 0 spiro atoms. The van der Waals surface area contributed by atoms with Crippen LogP contribution in [0.1, 0.15) is 22.1 Å². The van der Waals surface area contributed by atoms with Gasteiger partial charge in [-0.25, -0.2) is 19.1 Å². The average molecular weight is 566 g/mol. The van der Waals surface area contributed by atoms with Gasteiger partial charge in [-0.15, -0.1) is 11.3 Å². The van der Waals surface area contributed by atoms with Gasteiger partial charge in [0, 0.05) is 37.1 Å². The molecule has 0 fully saturated rings. The van der Waals surface area contributed by atoms with Gasteiger partial charge in [0.05, 0.1) is 7.11 Å². The van der Waals surface area contributed by atoms with E-state index < -0.39 is 29.5 Å². The highest BCUT2D eigenvalue weighted by Gasteiger charge is 2.29. The summed E-state index contributed by atoms with van der Waals surface area (Å²) in [7, 11) is 5.06. The van der Waals surface area contributed by atoms with E-state index in [1.165, 1.54) is 12.5 Å². The molecule has 0 radical (unpaired) electrons. The fourth-order valence-electron chi connectivity index (χ4n) is 4.30. The molecule has 40 heavy (non-hydrogen) atoms. The summed E-state index contributed by atoms with van der Waals surface area (Å²) < 4.78 is 16.9. The normalized spacial score (nSPS) is 13.0. The number of nitrogens with zero attached hydrogens (tertiary/aromatic N) is 3. The Morgan fingerprint density at radius 1 is 1.18 bits per heavy atom. The number of benzene rings is 2. The molecule has 0 bridgehead atoms. The van der Waals surface area contributed by atoms with Crippen LogP contribution in [0.2, 0.25) is 0 Å². The van der Waals surface area contributed by atoms with Gasteiger partial charge in [0.15, 0.2) is 22.3 Å². The van der Waals surface area contributed by atoms with Gasteiger partial charge < -0.3 is 34.5 Å². The molecule has 1 atom stereocenters.